The van der Waals surface area contributed by atoms with E-state index in [1.807, 2.05) is 12.1 Å². The van der Waals surface area contributed by atoms with E-state index in [4.69, 9.17) is 4.74 Å². The fraction of sp³-hybridized carbons (Fsp3) is 0.533. The number of hydrogen-bond donors (Lipinski definition) is 1. The van der Waals surface area contributed by atoms with Gasteiger partial charge in [0.15, 0.2) is 9.84 Å². The summed E-state index contributed by atoms with van der Waals surface area (Å²) in [6, 6.07) is 5.82. The molecule has 1 unspecified atom stereocenters. The molecule has 0 bridgehead atoms. The minimum Gasteiger partial charge on any atom is -0.493 e. The molecule has 1 fully saturated rings. The van der Waals surface area contributed by atoms with E-state index in [1.54, 1.807) is 0 Å². The number of benzene rings is 1. The van der Waals surface area contributed by atoms with Gasteiger partial charge in [0.1, 0.15) is 5.75 Å². The fourth-order valence-electron chi connectivity index (χ4n) is 2.86. The molecule has 1 aromatic rings. The monoisotopic (exact) mass is 309 g/mol. The Morgan fingerprint density at radius 3 is 3.00 bits per heavy atom. The van der Waals surface area contributed by atoms with Crippen molar-refractivity contribution in [3.05, 3.63) is 29.3 Å². The Morgan fingerprint density at radius 1 is 1.38 bits per heavy atom. The van der Waals surface area contributed by atoms with E-state index in [9.17, 15) is 13.2 Å². The molecular weight excluding hydrogens is 290 g/mol. The Hall–Kier alpha value is -1.56. The molecule has 0 radical (unpaired) electrons. The average Bonchev–Trinajstić information content (AvgIpc) is 3.02. The molecule has 1 aromatic carbocycles. The third-order valence-corrected chi connectivity index (χ3v) is 5.76. The van der Waals surface area contributed by atoms with Gasteiger partial charge in [-0.3, -0.25) is 4.79 Å². The zero-order chi connectivity index (χ0) is 14.9. The minimum atomic E-state index is -2.94. The first-order valence-corrected chi connectivity index (χ1v) is 9.08. The number of carbonyl (C=O) groups excluding carboxylic acids is 1. The lowest BCUT2D eigenvalue weighted by Gasteiger charge is -2.11. The van der Waals surface area contributed by atoms with Gasteiger partial charge in [-0.1, -0.05) is 12.1 Å². The molecule has 114 valence electrons. The van der Waals surface area contributed by atoms with E-state index in [0.29, 0.717) is 19.3 Å². The number of hydrogen-bond acceptors (Lipinski definition) is 4. The first-order valence-electron chi connectivity index (χ1n) is 7.26. The van der Waals surface area contributed by atoms with Crippen LogP contribution in [0.3, 0.4) is 0 Å². The summed E-state index contributed by atoms with van der Waals surface area (Å²) in [6.07, 6.45) is 2.51. The maximum Gasteiger partial charge on any atom is 0.220 e. The van der Waals surface area contributed by atoms with Crippen molar-refractivity contribution in [2.75, 3.05) is 18.1 Å². The summed E-state index contributed by atoms with van der Waals surface area (Å²) < 4.78 is 28.1. The maximum absolute atomic E-state index is 11.9. The lowest BCUT2D eigenvalue weighted by atomic mass is 10.0. The highest BCUT2D eigenvalue weighted by atomic mass is 32.2. The Labute approximate surface area is 124 Å². The number of carbonyl (C=O) groups is 1. The minimum absolute atomic E-state index is 0.0751. The average molecular weight is 309 g/mol. The quantitative estimate of drug-likeness (QED) is 0.895. The molecule has 0 aliphatic carbocycles. The van der Waals surface area contributed by atoms with Gasteiger partial charge in [-0.2, -0.15) is 0 Å². The van der Waals surface area contributed by atoms with E-state index < -0.39 is 9.84 Å². The van der Waals surface area contributed by atoms with Gasteiger partial charge in [0.25, 0.3) is 0 Å². The van der Waals surface area contributed by atoms with Crippen molar-refractivity contribution in [2.45, 2.75) is 31.7 Å². The topological polar surface area (TPSA) is 72.5 Å². The summed E-state index contributed by atoms with van der Waals surface area (Å²) in [6.45, 7) is 0.732. The predicted octanol–water partition coefficient (Wildman–Crippen LogP) is 0.857. The largest absolute Gasteiger partial charge is 0.493 e. The van der Waals surface area contributed by atoms with Crippen LogP contribution in [0.4, 0.5) is 0 Å². The first-order chi connectivity index (χ1) is 10.0. The van der Waals surface area contributed by atoms with Crippen LogP contribution in [0, 0.1) is 0 Å². The molecule has 5 nitrogen and oxygen atoms in total. The van der Waals surface area contributed by atoms with Crippen molar-refractivity contribution in [3.63, 3.8) is 0 Å². The highest BCUT2D eigenvalue weighted by Crippen LogP contribution is 2.26. The number of rotatable bonds is 4. The van der Waals surface area contributed by atoms with Crippen molar-refractivity contribution in [2.24, 2.45) is 0 Å². The fourth-order valence-corrected chi connectivity index (χ4v) is 4.54. The molecule has 2 heterocycles. The van der Waals surface area contributed by atoms with Gasteiger partial charge >= 0.3 is 0 Å². The van der Waals surface area contributed by atoms with Gasteiger partial charge in [0.05, 0.1) is 18.1 Å². The third kappa shape index (κ3) is 3.56. The van der Waals surface area contributed by atoms with Gasteiger partial charge in [0.2, 0.25) is 5.91 Å². The molecule has 2 aliphatic heterocycles. The summed E-state index contributed by atoms with van der Waals surface area (Å²) in [7, 11) is -2.94. The van der Waals surface area contributed by atoms with Crippen LogP contribution in [0.25, 0.3) is 0 Å². The van der Waals surface area contributed by atoms with E-state index >= 15 is 0 Å². The molecule has 0 aromatic heterocycles. The van der Waals surface area contributed by atoms with E-state index in [2.05, 4.69) is 11.4 Å². The van der Waals surface area contributed by atoms with Crippen molar-refractivity contribution in [3.8, 4) is 5.75 Å². The van der Waals surface area contributed by atoms with Crippen LogP contribution in [0.2, 0.25) is 0 Å². The molecule has 0 spiro atoms. The van der Waals surface area contributed by atoms with Crippen molar-refractivity contribution >= 4 is 15.7 Å². The Kier molecular flexibility index (Phi) is 3.89. The summed E-state index contributed by atoms with van der Waals surface area (Å²) in [4.78, 5) is 11.9. The van der Waals surface area contributed by atoms with Crippen LogP contribution >= 0.6 is 0 Å². The summed E-state index contributed by atoms with van der Waals surface area (Å²) in [5.41, 5.74) is 2.32. The summed E-state index contributed by atoms with van der Waals surface area (Å²) >= 11 is 0. The lowest BCUT2D eigenvalue weighted by molar-refractivity contribution is -0.121. The van der Waals surface area contributed by atoms with Crippen LogP contribution in [0.5, 0.6) is 5.75 Å². The molecular formula is C15H19NO4S. The molecule has 1 amide bonds. The number of sulfone groups is 1. The van der Waals surface area contributed by atoms with E-state index in [1.165, 1.54) is 5.56 Å². The first kappa shape index (κ1) is 14.4. The predicted molar refractivity (Wildman–Crippen MR) is 79.2 cm³/mol. The Bertz CT molecular complexity index is 654. The van der Waals surface area contributed by atoms with Gasteiger partial charge in [0, 0.05) is 18.9 Å². The second-order valence-corrected chi connectivity index (χ2v) is 7.94. The van der Waals surface area contributed by atoms with Crippen LogP contribution < -0.4 is 10.1 Å². The molecule has 1 N–H and O–H groups in total. The molecule has 2 aliphatic rings. The molecule has 1 saturated heterocycles. The van der Waals surface area contributed by atoms with E-state index in [0.717, 1.165) is 24.3 Å². The molecule has 1 atom stereocenters. The van der Waals surface area contributed by atoms with Crippen LogP contribution in [0.1, 0.15) is 24.0 Å². The van der Waals surface area contributed by atoms with Crippen molar-refractivity contribution < 1.29 is 17.9 Å². The second kappa shape index (κ2) is 5.67. The van der Waals surface area contributed by atoms with Crippen LogP contribution in [-0.2, 0) is 27.5 Å². The van der Waals surface area contributed by atoms with Gasteiger partial charge < -0.3 is 10.1 Å². The van der Waals surface area contributed by atoms with Crippen LogP contribution in [-0.4, -0.2) is 38.5 Å². The van der Waals surface area contributed by atoms with E-state index in [-0.39, 0.29) is 23.5 Å². The number of fused-ring (bicyclic) bond motifs is 1. The van der Waals surface area contributed by atoms with Gasteiger partial charge in [-0.05, 0) is 30.0 Å². The lowest BCUT2D eigenvalue weighted by Crippen LogP contribution is -2.35. The number of ether oxygens (including phenoxy) is 1. The third-order valence-electron chi connectivity index (χ3n) is 3.99. The molecule has 0 saturated carbocycles. The normalized spacial score (nSPS) is 22.6. The van der Waals surface area contributed by atoms with Crippen molar-refractivity contribution in [1.29, 1.82) is 0 Å². The number of nitrogens with one attached hydrogen (secondary N) is 1. The molecule has 3 rings (SSSR count). The smallest absolute Gasteiger partial charge is 0.220 e. The second-order valence-electron chi connectivity index (χ2n) is 5.71. The molecule has 21 heavy (non-hydrogen) atoms. The van der Waals surface area contributed by atoms with Crippen LogP contribution in [0.15, 0.2) is 18.2 Å². The molecule has 6 heteroatoms. The standard InChI is InChI=1S/C15H19NO4S/c17-15(16-13-6-8-21(18,19)10-13)4-2-11-1-3-14-12(9-11)5-7-20-14/h1,3,9,13H,2,4-8,10H2,(H,16,17). The number of amides is 1. The van der Waals surface area contributed by atoms with Gasteiger partial charge in [-0.15, -0.1) is 0 Å². The Morgan fingerprint density at radius 2 is 2.24 bits per heavy atom. The maximum atomic E-state index is 11.9. The zero-order valence-electron chi connectivity index (χ0n) is 11.8. The van der Waals surface area contributed by atoms with Crippen molar-refractivity contribution in [1.82, 2.24) is 5.32 Å². The van der Waals surface area contributed by atoms with Gasteiger partial charge in [-0.25, -0.2) is 8.42 Å². The summed E-state index contributed by atoms with van der Waals surface area (Å²) in [5.74, 6) is 1.13. The summed E-state index contributed by atoms with van der Waals surface area (Å²) in [5, 5.41) is 2.81. The SMILES string of the molecule is O=C(CCc1ccc2c(c1)CCO2)NC1CCS(=O)(=O)C1. The number of aryl methyl sites for hydroxylation is 1. The highest BCUT2D eigenvalue weighted by molar-refractivity contribution is 7.91. The zero-order valence-corrected chi connectivity index (χ0v) is 12.6. The Balaban J connectivity index is 1.50. The highest BCUT2D eigenvalue weighted by Gasteiger charge is 2.28.